The van der Waals surface area contributed by atoms with Crippen LogP contribution in [0.4, 0.5) is 0 Å². The van der Waals surface area contributed by atoms with Crippen LogP contribution in [0, 0.1) is 6.92 Å². The molecule has 0 aromatic heterocycles. The lowest BCUT2D eigenvalue weighted by molar-refractivity contribution is 0.278. The number of aryl methyl sites for hydroxylation is 1. The summed E-state index contributed by atoms with van der Waals surface area (Å²) in [5, 5.41) is 0. The third-order valence-electron chi connectivity index (χ3n) is 2.90. The van der Waals surface area contributed by atoms with Crippen LogP contribution in [0.15, 0.2) is 18.2 Å². The third kappa shape index (κ3) is 4.39. The Morgan fingerprint density at radius 1 is 1.29 bits per heavy atom. The van der Waals surface area contributed by atoms with E-state index in [1.807, 2.05) is 0 Å². The molecule has 0 fully saturated rings. The van der Waals surface area contributed by atoms with Crippen LogP contribution in [-0.4, -0.2) is 12.6 Å². The van der Waals surface area contributed by atoms with Crippen LogP contribution in [0.5, 0.6) is 5.75 Å². The Morgan fingerprint density at radius 2 is 2.00 bits per heavy atom. The van der Waals surface area contributed by atoms with Crippen molar-refractivity contribution >= 4 is 0 Å². The number of hydrogen-bond donors (Lipinski definition) is 1. The fourth-order valence-electron chi connectivity index (χ4n) is 1.89. The highest BCUT2D eigenvalue weighted by Gasteiger charge is 2.09. The zero-order chi connectivity index (χ0) is 12.8. The molecule has 96 valence electrons. The summed E-state index contributed by atoms with van der Waals surface area (Å²) in [4.78, 5) is 0. The highest BCUT2D eigenvalue weighted by atomic mass is 16.5. The summed E-state index contributed by atoms with van der Waals surface area (Å²) in [5.74, 6) is 1.47. The number of rotatable bonds is 6. The molecule has 1 unspecified atom stereocenters. The van der Waals surface area contributed by atoms with Crippen molar-refractivity contribution in [3.63, 3.8) is 0 Å². The molecule has 0 radical (unpaired) electrons. The van der Waals surface area contributed by atoms with E-state index in [2.05, 4.69) is 45.9 Å². The van der Waals surface area contributed by atoms with E-state index in [-0.39, 0.29) is 6.04 Å². The molecular formula is C15H25NO. The molecule has 2 N–H and O–H groups in total. The molecule has 17 heavy (non-hydrogen) atoms. The van der Waals surface area contributed by atoms with Gasteiger partial charge < -0.3 is 10.5 Å². The van der Waals surface area contributed by atoms with E-state index in [1.165, 1.54) is 11.1 Å². The Bertz CT molecular complexity index is 347. The van der Waals surface area contributed by atoms with Gasteiger partial charge >= 0.3 is 0 Å². The van der Waals surface area contributed by atoms with E-state index >= 15 is 0 Å². The first kappa shape index (κ1) is 14.0. The number of hydrogen-bond acceptors (Lipinski definition) is 2. The zero-order valence-electron chi connectivity index (χ0n) is 11.5. The van der Waals surface area contributed by atoms with E-state index < -0.39 is 0 Å². The molecule has 0 aliphatic rings. The number of benzene rings is 1. The average Bonchev–Trinajstić information content (AvgIpc) is 2.26. The Morgan fingerprint density at radius 3 is 2.59 bits per heavy atom. The van der Waals surface area contributed by atoms with Crippen LogP contribution >= 0.6 is 0 Å². The van der Waals surface area contributed by atoms with E-state index in [0.29, 0.717) is 12.5 Å². The molecule has 1 aromatic rings. The van der Waals surface area contributed by atoms with E-state index in [9.17, 15) is 0 Å². The minimum Gasteiger partial charge on any atom is -0.492 e. The summed E-state index contributed by atoms with van der Waals surface area (Å²) in [6.07, 6.45) is 2.12. The Kier molecular flexibility index (Phi) is 5.49. The first-order chi connectivity index (χ1) is 8.04. The van der Waals surface area contributed by atoms with Crippen molar-refractivity contribution in [1.82, 2.24) is 0 Å². The van der Waals surface area contributed by atoms with E-state index in [0.717, 1.165) is 18.6 Å². The van der Waals surface area contributed by atoms with Gasteiger partial charge in [-0.2, -0.15) is 0 Å². The fourth-order valence-corrected chi connectivity index (χ4v) is 1.89. The largest absolute Gasteiger partial charge is 0.492 e. The first-order valence-corrected chi connectivity index (χ1v) is 6.53. The minimum absolute atomic E-state index is 0.139. The smallest absolute Gasteiger partial charge is 0.123 e. The monoisotopic (exact) mass is 235 g/mol. The summed E-state index contributed by atoms with van der Waals surface area (Å²) in [5.41, 5.74) is 8.46. The van der Waals surface area contributed by atoms with Crippen LogP contribution in [0.2, 0.25) is 0 Å². The molecule has 0 heterocycles. The second-order valence-corrected chi connectivity index (χ2v) is 5.06. The third-order valence-corrected chi connectivity index (χ3v) is 2.90. The van der Waals surface area contributed by atoms with Crippen molar-refractivity contribution in [1.29, 1.82) is 0 Å². The van der Waals surface area contributed by atoms with Crippen LogP contribution in [-0.2, 0) is 0 Å². The van der Waals surface area contributed by atoms with E-state index in [1.54, 1.807) is 0 Å². The van der Waals surface area contributed by atoms with Gasteiger partial charge in [-0.3, -0.25) is 0 Å². The van der Waals surface area contributed by atoms with Crippen LogP contribution in [0.1, 0.15) is 50.7 Å². The highest BCUT2D eigenvalue weighted by Crippen LogP contribution is 2.27. The van der Waals surface area contributed by atoms with Crippen LogP contribution in [0.3, 0.4) is 0 Å². The molecule has 1 atom stereocenters. The van der Waals surface area contributed by atoms with Gasteiger partial charge in [0.25, 0.3) is 0 Å². The summed E-state index contributed by atoms with van der Waals surface area (Å²) in [6.45, 7) is 9.21. The van der Waals surface area contributed by atoms with Crippen molar-refractivity contribution in [3.05, 3.63) is 29.3 Å². The van der Waals surface area contributed by atoms with Gasteiger partial charge in [-0.05, 0) is 36.5 Å². The van der Waals surface area contributed by atoms with Gasteiger partial charge in [-0.1, -0.05) is 39.3 Å². The maximum Gasteiger partial charge on any atom is 0.123 e. The van der Waals surface area contributed by atoms with Crippen molar-refractivity contribution < 1.29 is 4.74 Å². The molecular weight excluding hydrogens is 210 g/mol. The molecule has 1 rings (SSSR count). The molecule has 0 aliphatic heterocycles. The van der Waals surface area contributed by atoms with Crippen molar-refractivity contribution in [2.24, 2.45) is 5.73 Å². The van der Waals surface area contributed by atoms with Gasteiger partial charge in [0.1, 0.15) is 12.4 Å². The van der Waals surface area contributed by atoms with Gasteiger partial charge in [-0.15, -0.1) is 0 Å². The summed E-state index contributed by atoms with van der Waals surface area (Å²) in [7, 11) is 0. The average molecular weight is 235 g/mol. The standard InChI is InChI=1S/C15H25NO/c1-5-6-13(16)10-17-15-9-12(4)7-8-14(15)11(2)3/h7-9,11,13H,5-6,10,16H2,1-4H3. The Hall–Kier alpha value is -1.02. The molecule has 0 spiro atoms. The summed E-state index contributed by atoms with van der Waals surface area (Å²) in [6, 6.07) is 6.53. The van der Waals surface area contributed by atoms with Gasteiger partial charge in [-0.25, -0.2) is 0 Å². The maximum atomic E-state index is 5.97. The predicted octanol–water partition coefficient (Wildman–Crippen LogP) is 3.62. The van der Waals surface area contributed by atoms with Gasteiger partial charge in [0.2, 0.25) is 0 Å². The predicted molar refractivity (Wildman–Crippen MR) is 73.6 cm³/mol. The molecule has 0 aliphatic carbocycles. The van der Waals surface area contributed by atoms with Crippen molar-refractivity contribution in [3.8, 4) is 5.75 Å². The zero-order valence-corrected chi connectivity index (χ0v) is 11.5. The fraction of sp³-hybridized carbons (Fsp3) is 0.600. The molecule has 2 nitrogen and oxygen atoms in total. The molecule has 1 aromatic carbocycles. The Labute approximate surface area is 105 Å². The van der Waals surface area contributed by atoms with Crippen molar-refractivity contribution in [2.75, 3.05) is 6.61 Å². The normalized spacial score (nSPS) is 12.8. The molecule has 0 bridgehead atoms. The molecule has 0 saturated heterocycles. The van der Waals surface area contributed by atoms with E-state index in [4.69, 9.17) is 10.5 Å². The van der Waals surface area contributed by atoms with Gasteiger partial charge in [0, 0.05) is 6.04 Å². The highest BCUT2D eigenvalue weighted by molar-refractivity contribution is 5.39. The first-order valence-electron chi connectivity index (χ1n) is 6.53. The van der Waals surface area contributed by atoms with Gasteiger partial charge in [0.15, 0.2) is 0 Å². The van der Waals surface area contributed by atoms with Crippen LogP contribution in [0.25, 0.3) is 0 Å². The Balaban J connectivity index is 2.71. The quantitative estimate of drug-likeness (QED) is 0.817. The number of nitrogens with two attached hydrogens (primary N) is 1. The lowest BCUT2D eigenvalue weighted by atomic mass is 10.0. The van der Waals surface area contributed by atoms with Crippen LogP contribution < -0.4 is 10.5 Å². The molecule has 0 amide bonds. The second kappa shape index (κ2) is 6.65. The molecule has 2 heteroatoms. The summed E-state index contributed by atoms with van der Waals surface area (Å²) >= 11 is 0. The topological polar surface area (TPSA) is 35.2 Å². The van der Waals surface area contributed by atoms with Gasteiger partial charge in [0.05, 0.1) is 0 Å². The number of ether oxygens (including phenoxy) is 1. The summed E-state index contributed by atoms with van der Waals surface area (Å²) < 4.78 is 5.87. The maximum absolute atomic E-state index is 5.97. The SMILES string of the molecule is CCCC(N)COc1cc(C)ccc1C(C)C. The van der Waals surface area contributed by atoms with Crippen molar-refractivity contribution in [2.45, 2.75) is 52.5 Å². The lowest BCUT2D eigenvalue weighted by Crippen LogP contribution is -2.27. The lowest BCUT2D eigenvalue weighted by Gasteiger charge is -2.17. The molecule has 0 saturated carbocycles. The minimum atomic E-state index is 0.139. The second-order valence-electron chi connectivity index (χ2n) is 5.06.